The predicted molar refractivity (Wildman–Crippen MR) is 115 cm³/mol. The van der Waals surface area contributed by atoms with Crippen molar-refractivity contribution < 1.29 is 13.2 Å². The third-order valence-electron chi connectivity index (χ3n) is 3.64. The van der Waals surface area contributed by atoms with E-state index in [4.69, 9.17) is 4.74 Å². The zero-order valence-corrected chi connectivity index (χ0v) is 17.7. The topological polar surface area (TPSA) is 46.6 Å². The summed E-state index contributed by atoms with van der Waals surface area (Å²) in [7, 11) is -3.73. The Labute approximate surface area is 169 Å². The summed E-state index contributed by atoms with van der Waals surface area (Å²) in [5.74, 6) is 0. The Morgan fingerprint density at radius 2 is 1.85 bits per heavy atom. The Morgan fingerprint density at radius 1 is 1.19 bits per heavy atom. The lowest BCUT2D eigenvalue weighted by molar-refractivity contribution is 0.186. The maximum absolute atomic E-state index is 13.3. The van der Waals surface area contributed by atoms with Gasteiger partial charge in [-0.15, -0.1) is 6.58 Å². The Balaban J connectivity index is 2.40. The van der Waals surface area contributed by atoms with Crippen LogP contribution in [-0.4, -0.2) is 28.2 Å². The first-order valence-electron chi connectivity index (χ1n) is 8.05. The van der Waals surface area contributed by atoms with E-state index in [1.165, 1.54) is 4.31 Å². The molecule has 0 aliphatic heterocycles. The van der Waals surface area contributed by atoms with Crippen molar-refractivity contribution in [3.05, 3.63) is 82.5 Å². The highest BCUT2D eigenvalue weighted by Gasteiger charge is 2.26. The molecule has 0 radical (unpaired) electrons. The molecular formula is C20H22INO3S. The number of rotatable bonds is 9. The summed E-state index contributed by atoms with van der Waals surface area (Å²) in [5.41, 5.74) is 2.30. The Hall–Kier alpha value is -1.64. The molecule has 0 aromatic heterocycles. The minimum Gasteiger partial charge on any atom is -0.373 e. The van der Waals surface area contributed by atoms with Gasteiger partial charge in [-0.2, -0.15) is 0 Å². The van der Waals surface area contributed by atoms with E-state index in [1.807, 2.05) is 25.1 Å². The predicted octanol–water partition coefficient (Wildman–Crippen LogP) is 4.55. The van der Waals surface area contributed by atoms with Gasteiger partial charge in [-0.1, -0.05) is 42.5 Å². The second-order valence-corrected chi connectivity index (χ2v) is 8.85. The molecule has 0 heterocycles. The van der Waals surface area contributed by atoms with Crippen molar-refractivity contribution in [1.82, 2.24) is 0 Å². The van der Waals surface area contributed by atoms with Gasteiger partial charge in [-0.3, -0.25) is 4.31 Å². The maximum atomic E-state index is 13.3. The monoisotopic (exact) mass is 483 g/mol. The number of aryl methyl sites for hydroxylation is 1. The van der Waals surface area contributed by atoms with Crippen LogP contribution in [0.2, 0.25) is 0 Å². The molecule has 0 unspecified atom stereocenters. The van der Waals surface area contributed by atoms with E-state index in [2.05, 4.69) is 35.7 Å². The van der Waals surface area contributed by atoms with Crippen LogP contribution in [0.1, 0.15) is 5.56 Å². The van der Waals surface area contributed by atoms with E-state index in [0.29, 0.717) is 17.9 Å². The van der Waals surface area contributed by atoms with Crippen LogP contribution in [0.25, 0.3) is 0 Å². The first-order chi connectivity index (χ1) is 12.4. The molecule has 0 aliphatic carbocycles. The lowest BCUT2D eigenvalue weighted by atomic mass is 10.2. The highest BCUT2D eigenvalue weighted by Crippen LogP contribution is 2.29. The average molecular weight is 483 g/mol. The molecule has 6 heteroatoms. The lowest BCUT2D eigenvalue weighted by Crippen LogP contribution is -2.34. The first kappa shape index (κ1) is 20.7. The van der Waals surface area contributed by atoms with Gasteiger partial charge in [-0.25, -0.2) is 8.42 Å². The van der Waals surface area contributed by atoms with Gasteiger partial charge >= 0.3 is 0 Å². The van der Waals surface area contributed by atoms with Gasteiger partial charge in [0.2, 0.25) is 0 Å². The number of hydrogen-bond donors (Lipinski definition) is 0. The van der Waals surface area contributed by atoms with Crippen LogP contribution in [0, 0.1) is 10.5 Å². The molecule has 26 heavy (non-hydrogen) atoms. The van der Waals surface area contributed by atoms with Crippen LogP contribution in [0.15, 0.2) is 78.2 Å². The lowest BCUT2D eigenvalue weighted by Gasteiger charge is -2.26. The van der Waals surface area contributed by atoms with Gasteiger partial charge in [-0.05, 0) is 59.4 Å². The number of sulfonamides is 1. The molecule has 4 nitrogen and oxygen atoms in total. The van der Waals surface area contributed by atoms with E-state index < -0.39 is 10.0 Å². The summed E-state index contributed by atoms with van der Waals surface area (Å²) < 4.78 is 34.2. The molecule has 138 valence electrons. The molecular weight excluding hydrogens is 461 g/mol. The Morgan fingerprint density at radius 3 is 2.46 bits per heavy atom. The van der Waals surface area contributed by atoms with Gasteiger partial charge in [0.25, 0.3) is 10.0 Å². The van der Waals surface area contributed by atoms with Crippen molar-refractivity contribution in [3.63, 3.8) is 0 Å². The van der Waals surface area contributed by atoms with E-state index in [1.54, 1.807) is 36.4 Å². The highest BCUT2D eigenvalue weighted by atomic mass is 127. The fourth-order valence-corrected chi connectivity index (χ4v) is 4.67. The summed E-state index contributed by atoms with van der Waals surface area (Å²) in [6.45, 7) is 10.3. The maximum Gasteiger partial charge on any atom is 0.264 e. The van der Waals surface area contributed by atoms with Crippen molar-refractivity contribution in [2.24, 2.45) is 0 Å². The molecule has 0 atom stereocenters. The number of benzene rings is 2. The van der Waals surface area contributed by atoms with Gasteiger partial charge in [0.05, 0.1) is 30.3 Å². The van der Waals surface area contributed by atoms with Crippen LogP contribution in [0.4, 0.5) is 5.69 Å². The summed E-state index contributed by atoms with van der Waals surface area (Å²) in [6, 6.07) is 14.2. The number of para-hydroxylation sites is 1. The number of halogens is 1. The molecule has 0 bridgehead atoms. The SMILES string of the molecule is C=CCOCC(=C)CN(c1ccccc1I)S(=O)(=O)c1ccc(C)cc1. The van der Waals surface area contributed by atoms with Crippen LogP contribution >= 0.6 is 22.6 Å². The van der Waals surface area contributed by atoms with Gasteiger partial charge in [0.15, 0.2) is 0 Å². The summed E-state index contributed by atoms with van der Waals surface area (Å²) in [6.07, 6.45) is 1.65. The molecule has 0 saturated carbocycles. The van der Waals surface area contributed by atoms with Crippen LogP contribution in [0.3, 0.4) is 0 Å². The van der Waals surface area contributed by atoms with Gasteiger partial charge in [0.1, 0.15) is 0 Å². The standard InChI is InChI=1S/C20H22INO3S/c1-4-13-25-15-17(3)14-22(20-8-6-5-7-19(20)21)26(23,24)18-11-9-16(2)10-12-18/h4-12H,1,3,13-15H2,2H3. The van der Waals surface area contributed by atoms with Crippen molar-refractivity contribution in [2.75, 3.05) is 24.1 Å². The summed E-state index contributed by atoms with van der Waals surface area (Å²) in [4.78, 5) is 0.252. The van der Waals surface area contributed by atoms with E-state index in [9.17, 15) is 8.42 Å². The second-order valence-electron chi connectivity index (χ2n) is 5.83. The van der Waals surface area contributed by atoms with Crippen molar-refractivity contribution in [2.45, 2.75) is 11.8 Å². The molecule has 0 fully saturated rings. The van der Waals surface area contributed by atoms with Gasteiger partial charge < -0.3 is 4.74 Å². The normalized spacial score (nSPS) is 11.2. The second kappa shape index (κ2) is 9.34. The number of nitrogens with zero attached hydrogens (tertiary/aromatic N) is 1. The fourth-order valence-electron chi connectivity index (χ4n) is 2.33. The molecule has 2 rings (SSSR count). The van der Waals surface area contributed by atoms with Gasteiger partial charge in [0, 0.05) is 3.57 Å². The van der Waals surface area contributed by atoms with E-state index >= 15 is 0 Å². The number of hydrogen-bond acceptors (Lipinski definition) is 3. The molecule has 2 aromatic rings. The third-order valence-corrected chi connectivity index (χ3v) is 6.33. The quantitative estimate of drug-likeness (QED) is 0.299. The Bertz CT molecular complexity index is 876. The molecule has 0 amide bonds. The molecule has 0 spiro atoms. The number of ether oxygens (including phenoxy) is 1. The smallest absolute Gasteiger partial charge is 0.264 e. The third kappa shape index (κ3) is 5.18. The highest BCUT2D eigenvalue weighted by molar-refractivity contribution is 14.1. The van der Waals surface area contributed by atoms with E-state index in [-0.39, 0.29) is 18.0 Å². The minimum atomic E-state index is -3.73. The molecule has 2 aromatic carbocycles. The molecule has 0 aliphatic rings. The van der Waals surface area contributed by atoms with Crippen molar-refractivity contribution in [1.29, 1.82) is 0 Å². The fraction of sp³-hybridized carbons (Fsp3) is 0.200. The van der Waals surface area contributed by atoms with Crippen LogP contribution < -0.4 is 4.31 Å². The summed E-state index contributed by atoms with van der Waals surface area (Å²) in [5, 5.41) is 0. The Kier molecular flexibility index (Phi) is 7.43. The minimum absolute atomic E-state index is 0.146. The van der Waals surface area contributed by atoms with Crippen molar-refractivity contribution in [3.8, 4) is 0 Å². The first-order valence-corrected chi connectivity index (χ1v) is 10.6. The van der Waals surface area contributed by atoms with Crippen LogP contribution in [-0.2, 0) is 14.8 Å². The molecule has 0 saturated heterocycles. The largest absolute Gasteiger partial charge is 0.373 e. The number of anilines is 1. The van der Waals surface area contributed by atoms with E-state index in [0.717, 1.165) is 9.13 Å². The zero-order valence-electron chi connectivity index (χ0n) is 14.7. The summed E-state index contributed by atoms with van der Waals surface area (Å²) >= 11 is 2.14. The zero-order chi connectivity index (χ0) is 19.2. The average Bonchev–Trinajstić information content (AvgIpc) is 2.61. The van der Waals surface area contributed by atoms with Crippen LogP contribution in [0.5, 0.6) is 0 Å². The van der Waals surface area contributed by atoms with Crippen molar-refractivity contribution >= 4 is 38.3 Å². The molecule has 0 N–H and O–H groups in total.